The summed E-state index contributed by atoms with van der Waals surface area (Å²) in [5, 5.41) is 0.897. The molecule has 0 atom stereocenters. The molecule has 0 fully saturated rings. The van der Waals surface area contributed by atoms with Crippen molar-refractivity contribution in [3.05, 3.63) is 65.4 Å². The highest BCUT2D eigenvalue weighted by molar-refractivity contribution is 6.01. The number of rotatable bonds is 5. The first-order chi connectivity index (χ1) is 13.2. The molecule has 0 aliphatic heterocycles. The predicted octanol–water partition coefficient (Wildman–Crippen LogP) is 4.64. The highest BCUT2D eigenvalue weighted by atomic mass is 16.5. The van der Waals surface area contributed by atoms with Gasteiger partial charge in [-0.25, -0.2) is 4.79 Å². The quantitative estimate of drug-likeness (QED) is 0.491. The standard InChI is InChI=1S/C23H23NO3/c1-4-5-15-24-21-14-12-18(26-2)16-20(21)19(22(24)23(25)27-3)13-11-17-9-7-6-8-10-17/h6-10,12,14,16H,4-5,15H2,1-3H3. The SMILES string of the molecule is CCCCn1c(C(=O)OC)c(C#Cc2ccccc2)c2cc(OC)ccc21. The van der Waals surface area contributed by atoms with E-state index < -0.39 is 0 Å². The molecule has 0 saturated heterocycles. The van der Waals surface area contributed by atoms with Gasteiger partial charge in [-0.2, -0.15) is 0 Å². The van der Waals surface area contributed by atoms with Crippen LogP contribution in [0.25, 0.3) is 10.9 Å². The summed E-state index contributed by atoms with van der Waals surface area (Å²) in [4.78, 5) is 12.6. The number of aryl methyl sites for hydroxylation is 1. The fourth-order valence-electron chi connectivity index (χ4n) is 3.10. The zero-order chi connectivity index (χ0) is 19.2. The molecule has 27 heavy (non-hydrogen) atoms. The Balaban J connectivity index is 2.27. The van der Waals surface area contributed by atoms with E-state index in [4.69, 9.17) is 9.47 Å². The summed E-state index contributed by atoms with van der Waals surface area (Å²) in [5.41, 5.74) is 3.03. The van der Waals surface area contributed by atoms with E-state index in [9.17, 15) is 4.79 Å². The Morgan fingerprint density at radius 1 is 1.07 bits per heavy atom. The van der Waals surface area contributed by atoms with E-state index in [0.717, 1.165) is 41.6 Å². The van der Waals surface area contributed by atoms with Crippen LogP contribution in [-0.2, 0) is 11.3 Å². The largest absolute Gasteiger partial charge is 0.497 e. The van der Waals surface area contributed by atoms with E-state index in [2.05, 4.69) is 18.8 Å². The normalized spacial score (nSPS) is 10.3. The monoisotopic (exact) mass is 361 g/mol. The molecule has 0 unspecified atom stereocenters. The van der Waals surface area contributed by atoms with Gasteiger partial charge in [0.2, 0.25) is 0 Å². The molecule has 4 nitrogen and oxygen atoms in total. The molecule has 3 aromatic rings. The number of fused-ring (bicyclic) bond motifs is 1. The van der Waals surface area contributed by atoms with E-state index in [0.29, 0.717) is 11.3 Å². The number of hydrogen-bond donors (Lipinski definition) is 0. The molecule has 138 valence electrons. The average Bonchev–Trinajstić information content (AvgIpc) is 3.03. The Hall–Kier alpha value is -3.19. The van der Waals surface area contributed by atoms with Crippen LogP contribution in [0.15, 0.2) is 48.5 Å². The van der Waals surface area contributed by atoms with E-state index >= 15 is 0 Å². The summed E-state index contributed by atoms with van der Waals surface area (Å²) in [7, 11) is 3.03. The average molecular weight is 361 g/mol. The van der Waals surface area contributed by atoms with Gasteiger partial charge < -0.3 is 14.0 Å². The fraction of sp³-hybridized carbons (Fsp3) is 0.261. The van der Waals surface area contributed by atoms with E-state index in [1.165, 1.54) is 7.11 Å². The molecule has 0 spiro atoms. The summed E-state index contributed by atoms with van der Waals surface area (Å²) in [6.45, 7) is 2.86. The van der Waals surface area contributed by atoms with Gasteiger partial charge in [0.1, 0.15) is 11.4 Å². The molecule has 0 aliphatic rings. The van der Waals surface area contributed by atoms with Crippen molar-refractivity contribution in [2.75, 3.05) is 14.2 Å². The molecular weight excluding hydrogens is 338 g/mol. The molecule has 4 heteroatoms. The Morgan fingerprint density at radius 2 is 1.85 bits per heavy atom. The Morgan fingerprint density at radius 3 is 2.52 bits per heavy atom. The van der Waals surface area contributed by atoms with Crippen LogP contribution in [0.3, 0.4) is 0 Å². The molecule has 0 N–H and O–H groups in total. The minimum Gasteiger partial charge on any atom is -0.497 e. The lowest BCUT2D eigenvalue weighted by atomic mass is 10.1. The third kappa shape index (κ3) is 3.83. The van der Waals surface area contributed by atoms with Crippen LogP contribution in [0.1, 0.15) is 41.4 Å². The summed E-state index contributed by atoms with van der Waals surface area (Å²) in [6, 6.07) is 15.5. The van der Waals surface area contributed by atoms with E-state index in [1.54, 1.807) is 7.11 Å². The Kier molecular flexibility index (Phi) is 5.83. The van der Waals surface area contributed by atoms with Gasteiger partial charge in [0.15, 0.2) is 0 Å². The van der Waals surface area contributed by atoms with Gasteiger partial charge in [-0.1, -0.05) is 43.4 Å². The number of benzene rings is 2. The summed E-state index contributed by atoms with van der Waals surface area (Å²) in [6.07, 6.45) is 1.99. The molecule has 2 aromatic carbocycles. The number of nitrogens with zero attached hydrogens (tertiary/aromatic N) is 1. The molecule has 0 saturated carbocycles. The van der Waals surface area contributed by atoms with Crippen LogP contribution in [0.4, 0.5) is 0 Å². The van der Waals surface area contributed by atoms with Crippen molar-refractivity contribution in [2.24, 2.45) is 0 Å². The van der Waals surface area contributed by atoms with Crippen molar-refractivity contribution >= 4 is 16.9 Å². The molecule has 0 aliphatic carbocycles. The molecule has 3 rings (SSSR count). The highest BCUT2D eigenvalue weighted by Crippen LogP contribution is 2.30. The maximum absolute atomic E-state index is 12.6. The summed E-state index contributed by atoms with van der Waals surface area (Å²) >= 11 is 0. The third-order valence-corrected chi connectivity index (χ3v) is 4.49. The minimum absolute atomic E-state index is 0.376. The number of ether oxygens (including phenoxy) is 2. The van der Waals surface area contributed by atoms with Crippen molar-refractivity contribution < 1.29 is 14.3 Å². The van der Waals surface area contributed by atoms with Gasteiger partial charge in [0.05, 0.1) is 25.3 Å². The first-order valence-corrected chi connectivity index (χ1v) is 9.05. The second-order valence-electron chi connectivity index (χ2n) is 6.22. The number of methoxy groups -OCH3 is 2. The van der Waals surface area contributed by atoms with Crippen LogP contribution in [-0.4, -0.2) is 24.8 Å². The van der Waals surface area contributed by atoms with Gasteiger partial charge in [-0.15, -0.1) is 0 Å². The van der Waals surface area contributed by atoms with Gasteiger partial charge in [-0.3, -0.25) is 0 Å². The van der Waals surface area contributed by atoms with Crippen LogP contribution in [0.2, 0.25) is 0 Å². The van der Waals surface area contributed by atoms with Crippen LogP contribution >= 0.6 is 0 Å². The maximum atomic E-state index is 12.6. The first kappa shape index (κ1) is 18.6. The second kappa shape index (κ2) is 8.46. The molecule has 0 radical (unpaired) electrons. The smallest absolute Gasteiger partial charge is 0.356 e. The summed E-state index contributed by atoms with van der Waals surface area (Å²) < 4.78 is 12.5. The molecule has 0 bridgehead atoms. The first-order valence-electron chi connectivity index (χ1n) is 9.05. The van der Waals surface area contributed by atoms with Crippen LogP contribution in [0, 0.1) is 11.8 Å². The van der Waals surface area contributed by atoms with Crippen LogP contribution < -0.4 is 4.74 Å². The van der Waals surface area contributed by atoms with Crippen molar-refractivity contribution in [3.8, 4) is 17.6 Å². The zero-order valence-corrected chi connectivity index (χ0v) is 15.9. The number of aromatic nitrogens is 1. The number of hydrogen-bond acceptors (Lipinski definition) is 3. The molecule has 1 heterocycles. The predicted molar refractivity (Wildman–Crippen MR) is 107 cm³/mol. The third-order valence-electron chi connectivity index (χ3n) is 4.49. The van der Waals surface area contributed by atoms with Crippen molar-refractivity contribution in [1.29, 1.82) is 0 Å². The molecule has 1 aromatic heterocycles. The number of esters is 1. The number of carbonyl (C=O) groups is 1. The Labute approximate surface area is 159 Å². The van der Waals surface area contributed by atoms with Crippen molar-refractivity contribution in [1.82, 2.24) is 4.57 Å². The molecule has 0 amide bonds. The van der Waals surface area contributed by atoms with Gasteiger partial charge >= 0.3 is 5.97 Å². The topological polar surface area (TPSA) is 40.5 Å². The van der Waals surface area contributed by atoms with Crippen molar-refractivity contribution in [3.63, 3.8) is 0 Å². The van der Waals surface area contributed by atoms with E-state index in [-0.39, 0.29) is 5.97 Å². The Bertz CT molecular complexity index is 1010. The zero-order valence-electron chi connectivity index (χ0n) is 15.9. The maximum Gasteiger partial charge on any atom is 0.356 e. The lowest BCUT2D eigenvalue weighted by Gasteiger charge is -2.09. The minimum atomic E-state index is -0.376. The highest BCUT2D eigenvalue weighted by Gasteiger charge is 2.22. The number of carbonyl (C=O) groups excluding carboxylic acids is 1. The van der Waals surface area contributed by atoms with E-state index in [1.807, 2.05) is 53.1 Å². The van der Waals surface area contributed by atoms with Crippen LogP contribution in [0.5, 0.6) is 5.75 Å². The second-order valence-corrected chi connectivity index (χ2v) is 6.22. The fourth-order valence-corrected chi connectivity index (χ4v) is 3.10. The van der Waals surface area contributed by atoms with Gasteiger partial charge in [0.25, 0.3) is 0 Å². The van der Waals surface area contributed by atoms with Crippen molar-refractivity contribution in [2.45, 2.75) is 26.3 Å². The number of unbranched alkanes of at least 4 members (excludes halogenated alkanes) is 1. The molecular formula is C23H23NO3. The van der Waals surface area contributed by atoms with Gasteiger partial charge in [0, 0.05) is 17.5 Å². The summed E-state index contributed by atoms with van der Waals surface area (Å²) in [5.74, 6) is 6.73. The van der Waals surface area contributed by atoms with Gasteiger partial charge in [-0.05, 0) is 36.8 Å². The lowest BCUT2D eigenvalue weighted by Crippen LogP contribution is -2.12. The lowest BCUT2D eigenvalue weighted by molar-refractivity contribution is 0.0588.